The predicted octanol–water partition coefficient (Wildman–Crippen LogP) is 3.35. The maximum absolute atomic E-state index is 11.8. The molecule has 13 heavy (non-hydrogen) atoms. The van der Waals surface area contributed by atoms with Crippen LogP contribution in [0.5, 0.6) is 0 Å². The molecule has 0 amide bonds. The largest absolute Gasteiger partial charge is 0.294 e. The summed E-state index contributed by atoms with van der Waals surface area (Å²) in [5, 5.41) is 0. The Bertz CT molecular complexity index is 353. The molecule has 68 valence electrons. The molecule has 2 heteroatoms. The molecular formula is C11H11BrO. The van der Waals surface area contributed by atoms with Crippen molar-refractivity contribution in [1.29, 1.82) is 0 Å². The zero-order valence-corrected chi connectivity index (χ0v) is 9.10. The van der Waals surface area contributed by atoms with Crippen LogP contribution >= 0.6 is 15.9 Å². The molecule has 1 aromatic carbocycles. The SMILES string of the molecule is Cc1ccc(Br)c(C(=O)C2CC2)c1. The Morgan fingerprint density at radius 1 is 1.46 bits per heavy atom. The molecule has 1 saturated carbocycles. The van der Waals surface area contributed by atoms with Gasteiger partial charge >= 0.3 is 0 Å². The molecule has 0 heterocycles. The number of rotatable bonds is 2. The van der Waals surface area contributed by atoms with E-state index in [2.05, 4.69) is 15.9 Å². The van der Waals surface area contributed by atoms with Crippen LogP contribution in [0.15, 0.2) is 22.7 Å². The molecule has 0 radical (unpaired) electrons. The van der Waals surface area contributed by atoms with Gasteiger partial charge in [-0.05, 0) is 31.9 Å². The van der Waals surface area contributed by atoms with Crippen molar-refractivity contribution in [2.75, 3.05) is 0 Å². The van der Waals surface area contributed by atoms with Crippen LogP contribution in [0.3, 0.4) is 0 Å². The van der Waals surface area contributed by atoms with E-state index in [1.807, 2.05) is 25.1 Å². The summed E-state index contributed by atoms with van der Waals surface area (Å²) in [5.74, 6) is 0.605. The monoisotopic (exact) mass is 238 g/mol. The first-order valence-corrected chi connectivity index (χ1v) is 5.28. The molecule has 1 nitrogen and oxygen atoms in total. The average molecular weight is 239 g/mol. The van der Waals surface area contributed by atoms with E-state index in [4.69, 9.17) is 0 Å². The van der Waals surface area contributed by atoms with Crippen molar-refractivity contribution in [1.82, 2.24) is 0 Å². The molecule has 1 aromatic rings. The van der Waals surface area contributed by atoms with Crippen LogP contribution in [0.4, 0.5) is 0 Å². The summed E-state index contributed by atoms with van der Waals surface area (Å²) in [6.45, 7) is 2.01. The van der Waals surface area contributed by atoms with E-state index in [9.17, 15) is 4.79 Å². The third-order valence-corrected chi connectivity index (χ3v) is 3.03. The lowest BCUT2D eigenvalue weighted by molar-refractivity contribution is 0.0967. The second-order valence-electron chi connectivity index (χ2n) is 3.62. The van der Waals surface area contributed by atoms with E-state index in [0.29, 0.717) is 11.7 Å². The van der Waals surface area contributed by atoms with E-state index < -0.39 is 0 Å². The van der Waals surface area contributed by atoms with Crippen molar-refractivity contribution in [2.24, 2.45) is 5.92 Å². The van der Waals surface area contributed by atoms with Gasteiger partial charge in [0.1, 0.15) is 0 Å². The molecule has 0 saturated heterocycles. The lowest BCUT2D eigenvalue weighted by Crippen LogP contribution is -2.02. The van der Waals surface area contributed by atoms with Gasteiger partial charge in [-0.3, -0.25) is 4.79 Å². The highest BCUT2D eigenvalue weighted by atomic mass is 79.9. The molecule has 0 aromatic heterocycles. The molecule has 0 unspecified atom stereocenters. The Hall–Kier alpha value is -0.630. The maximum atomic E-state index is 11.8. The van der Waals surface area contributed by atoms with Gasteiger partial charge in [-0.2, -0.15) is 0 Å². The summed E-state index contributed by atoms with van der Waals surface area (Å²) in [6.07, 6.45) is 2.14. The van der Waals surface area contributed by atoms with Crippen molar-refractivity contribution in [3.05, 3.63) is 33.8 Å². The first-order valence-electron chi connectivity index (χ1n) is 4.49. The molecule has 0 spiro atoms. The summed E-state index contributed by atoms with van der Waals surface area (Å²) in [6, 6.07) is 5.92. The molecule has 1 aliphatic rings. The third-order valence-electron chi connectivity index (χ3n) is 2.34. The maximum Gasteiger partial charge on any atom is 0.167 e. The second kappa shape index (κ2) is 3.26. The van der Waals surface area contributed by atoms with E-state index in [0.717, 1.165) is 28.4 Å². The highest BCUT2D eigenvalue weighted by molar-refractivity contribution is 9.10. The van der Waals surface area contributed by atoms with Gasteiger partial charge < -0.3 is 0 Å². The van der Waals surface area contributed by atoms with E-state index in [1.54, 1.807) is 0 Å². The molecule has 0 aliphatic heterocycles. The highest BCUT2D eigenvalue weighted by Gasteiger charge is 2.31. The minimum Gasteiger partial charge on any atom is -0.294 e. The molecule has 0 atom stereocenters. The van der Waals surface area contributed by atoms with Gasteiger partial charge in [-0.25, -0.2) is 0 Å². The van der Waals surface area contributed by atoms with Crippen LogP contribution in [-0.4, -0.2) is 5.78 Å². The first-order chi connectivity index (χ1) is 6.18. The Kier molecular flexibility index (Phi) is 2.24. The first kappa shape index (κ1) is 8.95. The van der Waals surface area contributed by atoms with Gasteiger partial charge in [0.05, 0.1) is 0 Å². The zero-order chi connectivity index (χ0) is 9.42. The lowest BCUT2D eigenvalue weighted by Gasteiger charge is -2.03. The summed E-state index contributed by atoms with van der Waals surface area (Å²) in [7, 11) is 0. The van der Waals surface area contributed by atoms with Gasteiger partial charge in [-0.1, -0.05) is 27.6 Å². The highest BCUT2D eigenvalue weighted by Crippen LogP contribution is 2.34. The van der Waals surface area contributed by atoms with Crippen LogP contribution in [-0.2, 0) is 0 Å². The summed E-state index contributed by atoms with van der Waals surface area (Å²) >= 11 is 3.41. The number of halogens is 1. The minimum atomic E-state index is 0.301. The molecule has 0 N–H and O–H groups in total. The minimum absolute atomic E-state index is 0.301. The van der Waals surface area contributed by atoms with Crippen LogP contribution < -0.4 is 0 Å². The normalized spacial score (nSPS) is 15.8. The third kappa shape index (κ3) is 1.83. The summed E-state index contributed by atoms with van der Waals surface area (Å²) < 4.78 is 0.926. The number of hydrogen-bond donors (Lipinski definition) is 0. The number of aryl methyl sites for hydroxylation is 1. The van der Waals surface area contributed by atoms with Crippen molar-refractivity contribution in [3.8, 4) is 0 Å². The number of carbonyl (C=O) groups is 1. The molecule has 1 aliphatic carbocycles. The zero-order valence-electron chi connectivity index (χ0n) is 7.51. The number of Topliss-reactive ketones (excluding diaryl/α,β-unsaturated/α-hetero) is 1. The standard InChI is InChI=1S/C11H11BrO/c1-7-2-5-10(12)9(6-7)11(13)8-3-4-8/h2,5-6,8H,3-4H2,1H3. The van der Waals surface area contributed by atoms with Gasteiger partial charge in [0, 0.05) is 16.0 Å². The summed E-state index contributed by atoms with van der Waals surface area (Å²) in [5.41, 5.74) is 2.00. The summed E-state index contributed by atoms with van der Waals surface area (Å²) in [4.78, 5) is 11.8. The molecule has 2 rings (SSSR count). The van der Waals surface area contributed by atoms with Gasteiger partial charge in [0.15, 0.2) is 5.78 Å². The Labute approximate surface area is 86.3 Å². The van der Waals surface area contributed by atoms with Crippen molar-refractivity contribution < 1.29 is 4.79 Å². The Balaban J connectivity index is 2.37. The predicted molar refractivity (Wildman–Crippen MR) is 55.9 cm³/mol. The van der Waals surface area contributed by atoms with E-state index in [1.165, 1.54) is 0 Å². The molecule has 0 bridgehead atoms. The smallest absolute Gasteiger partial charge is 0.167 e. The van der Waals surface area contributed by atoms with Crippen LogP contribution in [0, 0.1) is 12.8 Å². The van der Waals surface area contributed by atoms with E-state index >= 15 is 0 Å². The van der Waals surface area contributed by atoms with Gasteiger partial charge in [0.2, 0.25) is 0 Å². The average Bonchev–Trinajstić information content (AvgIpc) is 2.91. The quantitative estimate of drug-likeness (QED) is 0.723. The van der Waals surface area contributed by atoms with Crippen molar-refractivity contribution >= 4 is 21.7 Å². The fourth-order valence-corrected chi connectivity index (χ4v) is 1.84. The number of ketones is 1. The van der Waals surface area contributed by atoms with Crippen LogP contribution in [0.25, 0.3) is 0 Å². The second-order valence-corrected chi connectivity index (χ2v) is 4.48. The van der Waals surface area contributed by atoms with Crippen LogP contribution in [0.1, 0.15) is 28.8 Å². The van der Waals surface area contributed by atoms with Gasteiger partial charge in [0.25, 0.3) is 0 Å². The van der Waals surface area contributed by atoms with Gasteiger partial charge in [-0.15, -0.1) is 0 Å². The van der Waals surface area contributed by atoms with Crippen molar-refractivity contribution in [3.63, 3.8) is 0 Å². The number of hydrogen-bond acceptors (Lipinski definition) is 1. The number of carbonyl (C=O) groups excluding carboxylic acids is 1. The topological polar surface area (TPSA) is 17.1 Å². The number of benzene rings is 1. The fourth-order valence-electron chi connectivity index (χ4n) is 1.39. The Morgan fingerprint density at radius 3 is 2.77 bits per heavy atom. The van der Waals surface area contributed by atoms with E-state index in [-0.39, 0.29) is 0 Å². The molecular weight excluding hydrogens is 228 g/mol. The Morgan fingerprint density at radius 2 is 2.15 bits per heavy atom. The lowest BCUT2D eigenvalue weighted by atomic mass is 10.1. The molecule has 1 fully saturated rings. The fraction of sp³-hybridized carbons (Fsp3) is 0.364. The van der Waals surface area contributed by atoms with Crippen LogP contribution in [0.2, 0.25) is 0 Å². The van der Waals surface area contributed by atoms with Crippen molar-refractivity contribution in [2.45, 2.75) is 19.8 Å².